The number of Topliss-reactive ketones (excluding diaryl/α,β-unsaturated/α-hetero) is 1. The largest absolute Gasteiger partial charge is 0.416 e. The molecule has 4 atom stereocenters. The van der Waals surface area contributed by atoms with Crippen molar-refractivity contribution >= 4 is 41.0 Å². The van der Waals surface area contributed by atoms with Crippen LogP contribution in [0.15, 0.2) is 79.0 Å². The highest BCUT2D eigenvalue weighted by atomic mass is 19.4. The molecule has 0 aliphatic carbocycles. The van der Waals surface area contributed by atoms with E-state index < -0.39 is 53.4 Å². The van der Waals surface area contributed by atoms with E-state index in [-0.39, 0.29) is 17.2 Å². The predicted molar refractivity (Wildman–Crippen MR) is 140 cm³/mol. The average Bonchev–Trinajstić information content (AvgIpc) is 3.40. The number of ketones is 1. The number of nitrogens with one attached hydrogen (secondary N) is 1. The van der Waals surface area contributed by atoms with Crippen LogP contribution in [0.3, 0.4) is 0 Å². The molecule has 3 aliphatic rings. The van der Waals surface area contributed by atoms with E-state index in [1.165, 1.54) is 43.3 Å². The summed E-state index contributed by atoms with van der Waals surface area (Å²) < 4.78 is 39.8. The lowest BCUT2D eigenvalue weighted by molar-refractivity contribution is -0.137. The summed E-state index contributed by atoms with van der Waals surface area (Å²) in [5, 5.41) is 2.54. The van der Waals surface area contributed by atoms with Gasteiger partial charge in [-0.15, -0.1) is 0 Å². The number of carbonyl (C=O) groups excluding carboxylic acids is 4. The molecule has 7 nitrogen and oxygen atoms in total. The number of amides is 3. The predicted octanol–water partition coefficient (Wildman–Crippen LogP) is 5.06. The third-order valence-electron chi connectivity index (χ3n) is 7.72. The number of alkyl halides is 3. The number of imide groups is 1. The van der Waals surface area contributed by atoms with Gasteiger partial charge >= 0.3 is 6.18 Å². The summed E-state index contributed by atoms with van der Waals surface area (Å²) in [6.45, 7) is 1.40. The topological polar surface area (TPSA) is 86.8 Å². The van der Waals surface area contributed by atoms with Crippen molar-refractivity contribution in [1.82, 2.24) is 4.90 Å². The smallest absolute Gasteiger partial charge is 0.357 e. The Bertz CT molecular complexity index is 1600. The van der Waals surface area contributed by atoms with Crippen molar-refractivity contribution in [3.63, 3.8) is 0 Å². The molecule has 40 heavy (non-hydrogen) atoms. The van der Waals surface area contributed by atoms with E-state index in [1.54, 1.807) is 23.2 Å². The second-order valence-corrected chi connectivity index (χ2v) is 10.0. The molecule has 0 saturated carbocycles. The van der Waals surface area contributed by atoms with E-state index in [0.717, 1.165) is 28.2 Å². The lowest BCUT2D eigenvalue weighted by atomic mass is 9.84. The number of carbonyl (C=O) groups is 4. The van der Waals surface area contributed by atoms with E-state index in [4.69, 9.17) is 0 Å². The second-order valence-electron chi connectivity index (χ2n) is 10.0. The number of rotatable bonds is 4. The van der Waals surface area contributed by atoms with E-state index in [0.29, 0.717) is 5.56 Å². The second kappa shape index (κ2) is 9.18. The molecule has 3 aliphatic heterocycles. The zero-order chi connectivity index (χ0) is 28.3. The standard InChI is InChI=1S/C30H22F3N3O4/c1-16(37)17-9-11-21(12-10-17)36-28(39)23-24(29(36)40)26(35-14-13-18-5-2-3-8-22(18)25(23)35)27(38)34-20-7-4-6-19(15-20)30(31,32)33/h2-15,23-26H,1H3,(H,34,38)/t23-,24+,25?,26-/m0/s1. The number of fused-ring (bicyclic) bond motifs is 5. The molecule has 3 heterocycles. The van der Waals surface area contributed by atoms with Crippen molar-refractivity contribution in [1.29, 1.82) is 0 Å². The van der Waals surface area contributed by atoms with Crippen LogP contribution < -0.4 is 10.2 Å². The SMILES string of the molecule is CC(=O)c1ccc(N2C(=O)[C@@H]3[C@H](C2=O)C2c4ccccc4C=CN2[C@@H]3C(=O)Nc2cccc(C(F)(F)F)c2)cc1. The van der Waals surface area contributed by atoms with Crippen molar-refractivity contribution in [2.45, 2.75) is 25.2 Å². The summed E-state index contributed by atoms with van der Waals surface area (Å²) in [6, 6.07) is 15.9. The molecule has 3 amide bonds. The lowest BCUT2D eigenvalue weighted by Gasteiger charge is -2.35. The Kier molecular flexibility index (Phi) is 5.86. The van der Waals surface area contributed by atoms with Gasteiger partial charge in [0.25, 0.3) is 0 Å². The fraction of sp³-hybridized carbons (Fsp3) is 0.200. The maximum Gasteiger partial charge on any atom is 0.416 e. The van der Waals surface area contributed by atoms with Crippen LogP contribution in [0.5, 0.6) is 0 Å². The summed E-state index contributed by atoms with van der Waals surface area (Å²) in [5.41, 5.74) is 1.30. The van der Waals surface area contributed by atoms with Crippen LogP contribution >= 0.6 is 0 Å². The first-order valence-corrected chi connectivity index (χ1v) is 12.6. The van der Waals surface area contributed by atoms with Gasteiger partial charge in [0.15, 0.2) is 5.78 Å². The van der Waals surface area contributed by atoms with Crippen LogP contribution in [0.4, 0.5) is 24.5 Å². The molecule has 0 radical (unpaired) electrons. The van der Waals surface area contributed by atoms with Gasteiger partial charge in [0, 0.05) is 17.5 Å². The lowest BCUT2D eigenvalue weighted by Crippen LogP contribution is -2.46. The highest BCUT2D eigenvalue weighted by molar-refractivity contribution is 6.24. The summed E-state index contributed by atoms with van der Waals surface area (Å²) in [4.78, 5) is 55.9. The molecular formula is C30H22F3N3O4. The van der Waals surface area contributed by atoms with Crippen LogP contribution in [-0.4, -0.2) is 34.4 Å². The normalized spacial score (nSPS) is 23.1. The zero-order valence-corrected chi connectivity index (χ0v) is 21.1. The number of anilines is 2. The Morgan fingerprint density at radius 2 is 1.57 bits per heavy atom. The zero-order valence-electron chi connectivity index (χ0n) is 21.1. The minimum atomic E-state index is -4.60. The van der Waals surface area contributed by atoms with E-state index in [2.05, 4.69) is 5.32 Å². The highest BCUT2D eigenvalue weighted by Gasteiger charge is 2.64. The van der Waals surface area contributed by atoms with Crippen LogP contribution in [0.25, 0.3) is 6.08 Å². The highest BCUT2D eigenvalue weighted by Crippen LogP contribution is 2.53. The minimum Gasteiger partial charge on any atom is -0.357 e. The van der Waals surface area contributed by atoms with Gasteiger partial charge in [-0.2, -0.15) is 13.2 Å². The Morgan fingerprint density at radius 3 is 2.27 bits per heavy atom. The first kappa shape index (κ1) is 25.5. The van der Waals surface area contributed by atoms with Crippen LogP contribution in [0.2, 0.25) is 0 Å². The van der Waals surface area contributed by atoms with E-state index >= 15 is 0 Å². The average molecular weight is 546 g/mol. The van der Waals surface area contributed by atoms with Crippen molar-refractivity contribution < 1.29 is 32.3 Å². The molecular weight excluding hydrogens is 523 g/mol. The number of hydrogen-bond donors (Lipinski definition) is 1. The Labute approximate surface area is 226 Å². The Morgan fingerprint density at radius 1 is 0.875 bits per heavy atom. The number of benzene rings is 3. The molecule has 202 valence electrons. The van der Waals surface area contributed by atoms with Gasteiger partial charge in [-0.25, -0.2) is 4.90 Å². The molecule has 1 unspecified atom stereocenters. The van der Waals surface area contributed by atoms with Crippen molar-refractivity contribution in [3.8, 4) is 0 Å². The van der Waals surface area contributed by atoms with Gasteiger partial charge < -0.3 is 10.2 Å². The summed E-state index contributed by atoms with van der Waals surface area (Å²) in [5.74, 6) is -3.95. The molecule has 2 saturated heterocycles. The fourth-order valence-corrected chi connectivity index (χ4v) is 5.95. The van der Waals surface area contributed by atoms with E-state index in [9.17, 15) is 32.3 Å². The third-order valence-corrected chi connectivity index (χ3v) is 7.72. The Hall–Kier alpha value is -4.73. The van der Waals surface area contributed by atoms with Crippen LogP contribution in [-0.2, 0) is 20.6 Å². The summed E-state index contributed by atoms with van der Waals surface area (Å²) >= 11 is 0. The van der Waals surface area contributed by atoms with Crippen LogP contribution in [0.1, 0.15) is 40.0 Å². The molecule has 0 bridgehead atoms. The quantitative estimate of drug-likeness (QED) is 0.366. The molecule has 3 aromatic rings. The number of hydrogen-bond acceptors (Lipinski definition) is 5. The third kappa shape index (κ3) is 3.98. The minimum absolute atomic E-state index is 0.0744. The summed E-state index contributed by atoms with van der Waals surface area (Å²) in [6.07, 6.45) is -1.16. The van der Waals surface area contributed by atoms with Crippen LogP contribution in [0, 0.1) is 11.8 Å². The van der Waals surface area contributed by atoms with Crippen molar-refractivity contribution in [2.24, 2.45) is 11.8 Å². The molecule has 1 N–H and O–H groups in total. The maximum atomic E-state index is 13.9. The maximum absolute atomic E-state index is 13.9. The van der Waals surface area contributed by atoms with E-state index in [1.807, 2.05) is 18.2 Å². The molecule has 0 spiro atoms. The number of halogens is 3. The molecule has 10 heteroatoms. The van der Waals surface area contributed by atoms with Gasteiger partial charge in [0.2, 0.25) is 17.7 Å². The van der Waals surface area contributed by atoms with Crippen molar-refractivity contribution in [3.05, 3.63) is 101 Å². The fourth-order valence-electron chi connectivity index (χ4n) is 5.95. The van der Waals surface area contributed by atoms with Gasteiger partial charge in [-0.05, 0) is 66.6 Å². The first-order valence-electron chi connectivity index (χ1n) is 12.6. The Balaban J connectivity index is 1.40. The molecule has 3 aromatic carbocycles. The number of nitrogens with zero attached hydrogens (tertiary/aromatic N) is 2. The monoisotopic (exact) mass is 545 g/mol. The van der Waals surface area contributed by atoms with Gasteiger partial charge in [-0.1, -0.05) is 30.3 Å². The van der Waals surface area contributed by atoms with Gasteiger partial charge in [0.1, 0.15) is 6.04 Å². The van der Waals surface area contributed by atoms with Gasteiger partial charge in [0.05, 0.1) is 29.1 Å². The summed E-state index contributed by atoms with van der Waals surface area (Å²) in [7, 11) is 0. The molecule has 2 fully saturated rings. The van der Waals surface area contributed by atoms with Gasteiger partial charge in [-0.3, -0.25) is 19.2 Å². The molecule has 6 rings (SSSR count). The first-order chi connectivity index (χ1) is 19.1. The molecule has 0 aromatic heterocycles. The van der Waals surface area contributed by atoms with Crippen molar-refractivity contribution in [2.75, 3.05) is 10.2 Å².